The quantitative estimate of drug-likeness (QED) is 0.129. The Morgan fingerprint density at radius 3 is 2.61 bits per heavy atom. The SMILES string of the molecule is CCCNC(=O)C=Cc1cn([C@H]2CC(O)[C@@H](COP(=O)(O)OP(=O)(O)OP(=O)(O)O)O2)c2ncnc(N)c12. The summed E-state index contributed by atoms with van der Waals surface area (Å²) in [6.07, 6.45) is 2.85. The molecule has 1 saturated heterocycles. The Morgan fingerprint density at radius 2 is 1.95 bits per heavy atom. The van der Waals surface area contributed by atoms with Crippen molar-refractivity contribution in [1.29, 1.82) is 0 Å². The molecule has 8 N–H and O–H groups in total. The van der Waals surface area contributed by atoms with Crippen molar-refractivity contribution in [2.45, 2.75) is 38.2 Å². The lowest BCUT2D eigenvalue weighted by molar-refractivity contribution is -0.116. The van der Waals surface area contributed by atoms with Crippen LogP contribution >= 0.6 is 23.5 Å². The standard InChI is InChI=1S/C17H26N5O13P3/c1-2-5-19-13(24)4-3-10-7-22(17-15(10)16(18)20-9-21-17)14-6-11(23)12(33-14)8-32-37(28,29)35-38(30,31)34-36(25,26)27/h3-4,7,9,11-12,14,23H,2,5-6,8H2,1H3,(H,19,24)(H,28,29)(H,30,31)(H2,18,20,21)(H2,25,26,27)/t11?,12-,14-/m1/s1. The number of hydrogen-bond donors (Lipinski definition) is 7. The zero-order valence-electron chi connectivity index (χ0n) is 19.6. The Balaban J connectivity index is 1.74. The van der Waals surface area contributed by atoms with E-state index in [0.717, 1.165) is 6.42 Å². The van der Waals surface area contributed by atoms with E-state index < -0.39 is 48.5 Å². The van der Waals surface area contributed by atoms with Crippen molar-refractivity contribution < 1.29 is 61.1 Å². The van der Waals surface area contributed by atoms with Crippen LogP contribution in [0.2, 0.25) is 0 Å². The number of amides is 1. The first-order valence-corrected chi connectivity index (χ1v) is 15.3. The predicted octanol–water partition coefficient (Wildman–Crippen LogP) is 0.545. The lowest BCUT2D eigenvalue weighted by Crippen LogP contribution is -2.26. The number of anilines is 1. The van der Waals surface area contributed by atoms with Crippen molar-refractivity contribution in [1.82, 2.24) is 19.9 Å². The van der Waals surface area contributed by atoms with Gasteiger partial charge in [0.15, 0.2) is 0 Å². The van der Waals surface area contributed by atoms with Gasteiger partial charge in [-0.1, -0.05) is 6.92 Å². The smallest absolute Gasteiger partial charge is 0.390 e. The molecule has 0 saturated carbocycles. The molecule has 0 radical (unpaired) electrons. The minimum atomic E-state index is -5.69. The van der Waals surface area contributed by atoms with Gasteiger partial charge in [0, 0.05) is 30.8 Å². The van der Waals surface area contributed by atoms with E-state index in [1.54, 1.807) is 6.20 Å². The van der Waals surface area contributed by atoms with E-state index in [4.69, 9.17) is 20.3 Å². The minimum absolute atomic E-state index is 0.0573. The first-order valence-electron chi connectivity index (χ1n) is 10.8. The molecular weight excluding hydrogens is 575 g/mol. The van der Waals surface area contributed by atoms with Crippen LogP contribution in [0.3, 0.4) is 0 Å². The van der Waals surface area contributed by atoms with Gasteiger partial charge in [-0.05, 0) is 12.5 Å². The van der Waals surface area contributed by atoms with Crippen LogP contribution in [0.1, 0.15) is 31.6 Å². The maximum Gasteiger partial charge on any atom is 0.490 e. The second-order valence-electron chi connectivity index (χ2n) is 7.89. The molecule has 212 valence electrons. The first-order chi connectivity index (χ1) is 17.6. The molecule has 0 spiro atoms. The number of aromatic nitrogens is 3. The molecule has 38 heavy (non-hydrogen) atoms. The largest absolute Gasteiger partial charge is 0.490 e. The van der Waals surface area contributed by atoms with Crippen LogP contribution in [0.25, 0.3) is 17.1 Å². The van der Waals surface area contributed by atoms with Crippen molar-refractivity contribution in [3.63, 3.8) is 0 Å². The number of ether oxygens (including phenoxy) is 1. The van der Waals surface area contributed by atoms with Crippen molar-refractivity contribution in [2.75, 3.05) is 18.9 Å². The highest BCUT2D eigenvalue weighted by Crippen LogP contribution is 2.66. The van der Waals surface area contributed by atoms with Gasteiger partial charge in [0.25, 0.3) is 0 Å². The van der Waals surface area contributed by atoms with E-state index in [1.165, 1.54) is 23.0 Å². The van der Waals surface area contributed by atoms with E-state index in [2.05, 4.69) is 28.4 Å². The summed E-state index contributed by atoms with van der Waals surface area (Å²) in [5, 5.41) is 13.5. The number of carbonyl (C=O) groups is 1. The molecule has 2 aromatic rings. The van der Waals surface area contributed by atoms with Gasteiger partial charge >= 0.3 is 23.5 Å². The van der Waals surface area contributed by atoms with Gasteiger partial charge in [-0.25, -0.2) is 23.7 Å². The van der Waals surface area contributed by atoms with Crippen LogP contribution in [0.4, 0.5) is 5.82 Å². The summed E-state index contributed by atoms with van der Waals surface area (Å²) in [4.78, 5) is 56.2. The summed E-state index contributed by atoms with van der Waals surface area (Å²) < 4.78 is 53.2. The molecule has 1 fully saturated rings. The van der Waals surface area contributed by atoms with E-state index in [9.17, 15) is 33.4 Å². The summed E-state index contributed by atoms with van der Waals surface area (Å²) in [7, 11) is -16.6. The van der Waals surface area contributed by atoms with Gasteiger partial charge in [-0.2, -0.15) is 8.62 Å². The maximum atomic E-state index is 12.0. The average Bonchev–Trinajstić information content (AvgIpc) is 3.33. The number of nitrogen functional groups attached to an aromatic ring is 1. The van der Waals surface area contributed by atoms with Crippen LogP contribution < -0.4 is 11.1 Å². The lowest BCUT2D eigenvalue weighted by atomic mass is 10.2. The van der Waals surface area contributed by atoms with E-state index >= 15 is 0 Å². The molecule has 21 heteroatoms. The number of nitrogens with zero attached hydrogens (tertiary/aromatic N) is 3. The molecule has 18 nitrogen and oxygen atoms in total. The number of rotatable bonds is 12. The number of phosphoric ester groups is 1. The van der Waals surface area contributed by atoms with Gasteiger partial charge in [0.05, 0.1) is 18.1 Å². The zero-order chi connectivity index (χ0) is 28.3. The van der Waals surface area contributed by atoms with E-state index in [0.29, 0.717) is 23.1 Å². The molecule has 0 aromatic carbocycles. The number of nitrogens with two attached hydrogens (primary N) is 1. The van der Waals surface area contributed by atoms with Gasteiger partial charge in [0.2, 0.25) is 5.91 Å². The maximum absolute atomic E-state index is 12.0. The molecule has 1 aliphatic heterocycles. The van der Waals surface area contributed by atoms with E-state index in [1.807, 2.05) is 6.92 Å². The molecule has 3 unspecified atom stereocenters. The highest BCUT2D eigenvalue weighted by atomic mass is 31.3. The summed E-state index contributed by atoms with van der Waals surface area (Å²) in [6.45, 7) is 1.57. The zero-order valence-corrected chi connectivity index (χ0v) is 22.3. The summed E-state index contributed by atoms with van der Waals surface area (Å²) in [5.41, 5.74) is 6.78. The Kier molecular flexibility index (Phi) is 9.63. The summed E-state index contributed by atoms with van der Waals surface area (Å²) in [5.74, 6) is -0.215. The molecule has 1 aliphatic rings. The van der Waals surface area contributed by atoms with Crippen LogP contribution in [0.5, 0.6) is 0 Å². The van der Waals surface area contributed by atoms with Crippen molar-refractivity contribution in [3.05, 3.63) is 24.2 Å². The van der Waals surface area contributed by atoms with Gasteiger partial charge in [-0.15, -0.1) is 0 Å². The molecule has 3 heterocycles. The number of aliphatic hydroxyl groups excluding tert-OH is 1. The first kappa shape index (κ1) is 30.5. The normalized spacial score (nSPS) is 23.5. The molecule has 1 amide bonds. The number of hydrogen-bond acceptors (Lipinski definition) is 12. The number of nitrogens with one attached hydrogen (secondary N) is 1. The fourth-order valence-electron chi connectivity index (χ4n) is 3.46. The predicted molar refractivity (Wildman–Crippen MR) is 129 cm³/mol. The minimum Gasteiger partial charge on any atom is -0.390 e. The van der Waals surface area contributed by atoms with Gasteiger partial charge in [0.1, 0.15) is 30.1 Å². The van der Waals surface area contributed by atoms with Crippen LogP contribution in [-0.2, 0) is 36.4 Å². The molecule has 0 bridgehead atoms. The second kappa shape index (κ2) is 12.0. The monoisotopic (exact) mass is 601 g/mol. The fraction of sp³-hybridized carbons (Fsp3) is 0.471. The van der Waals surface area contributed by atoms with Crippen LogP contribution in [0, 0.1) is 0 Å². The average molecular weight is 601 g/mol. The van der Waals surface area contributed by atoms with Crippen LogP contribution in [-0.4, -0.2) is 70.5 Å². The number of fused-ring (bicyclic) bond motifs is 1. The van der Waals surface area contributed by atoms with Crippen molar-refractivity contribution in [2.24, 2.45) is 0 Å². The number of aliphatic hydroxyl groups is 1. The Labute approximate surface area is 214 Å². The molecule has 0 aliphatic carbocycles. The van der Waals surface area contributed by atoms with Gasteiger partial charge in [-0.3, -0.25) is 9.32 Å². The Morgan fingerprint density at radius 1 is 1.24 bits per heavy atom. The summed E-state index contributed by atoms with van der Waals surface area (Å²) >= 11 is 0. The molecule has 2 aromatic heterocycles. The fourth-order valence-corrected chi connectivity index (χ4v) is 6.49. The lowest BCUT2D eigenvalue weighted by Gasteiger charge is -2.19. The number of phosphoric acid groups is 3. The van der Waals surface area contributed by atoms with Gasteiger partial charge < -0.3 is 45.0 Å². The Hall–Kier alpha value is -2.04. The molecule has 5 atom stereocenters. The third kappa shape index (κ3) is 8.23. The topological polar surface area (TPSA) is 275 Å². The second-order valence-corrected chi connectivity index (χ2v) is 12.3. The third-order valence-electron chi connectivity index (χ3n) is 4.96. The highest BCUT2D eigenvalue weighted by molar-refractivity contribution is 7.66. The Bertz CT molecular complexity index is 1340. The summed E-state index contributed by atoms with van der Waals surface area (Å²) in [6, 6.07) is 0. The molecule has 3 rings (SSSR count). The number of carbonyl (C=O) groups excluding carboxylic acids is 1. The highest BCUT2D eigenvalue weighted by Gasteiger charge is 2.43. The van der Waals surface area contributed by atoms with Crippen molar-refractivity contribution >= 4 is 52.3 Å². The third-order valence-corrected chi connectivity index (χ3v) is 8.77. The van der Waals surface area contributed by atoms with Crippen molar-refractivity contribution in [3.8, 4) is 0 Å². The van der Waals surface area contributed by atoms with E-state index in [-0.39, 0.29) is 18.1 Å². The molecular formula is C17H26N5O13P3. The van der Waals surface area contributed by atoms with Crippen LogP contribution in [0.15, 0.2) is 18.6 Å².